The molecule has 32 heteroatoms. The number of hydrazine groups is 1. The molecule has 20 nitrogen and oxygen atoms in total. The molecule has 0 amide bonds. The van der Waals surface area contributed by atoms with Crippen LogP contribution in [0.3, 0.4) is 0 Å². The molecule has 0 unspecified atom stereocenters. The first-order valence-electron chi connectivity index (χ1n) is 12.7. The number of phenolic OH excluding ortho intramolecular Hbond substituents is 1. The average Bonchev–Trinajstić information content (AvgIpc) is 2.97. The van der Waals surface area contributed by atoms with Crippen LogP contribution in [0.4, 0.5) is 26.0 Å². The molecule has 56 heavy (non-hydrogen) atoms. The maximum atomic E-state index is 13.9. The third-order valence-corrected chi connectivity index (χ3v) is 10.6. The molecule has 0 fully saturated rings. The van der Waals surface area contributed by atoms with Gasteiger partial charge >= 0.3 is 124 Å². The number of nitrogens with zero attached hydrogens (tertiary/aromatic N) is 2. The zero-order valence-electron chi connectivity index (χ0n) is 28.2. The van der Waals surface area contributed by atoms with Crippen LogP contribution in [0, 0.1) is 12.0 Å². The summed E-state index contributed by atoms with van der Waals surface area (Å²) in [5, 5.41) is 10.4. The molecular weight excluding hydrogens is 956 g/mol. The summed E-state index contributed by atoms with van der Waals surface area (Å²) in [6.07, 6.45) is -0.767. The molecule has 281 valence electrons. The zero-order valence-corrected chi connectivity index (χ0v) is 41.2. The van der Waals surface area contributed by atoms with Gasteiger partial charge in [-0.15, -0.1) is 0 Å². The smallest absolute Gasteiger partial charge is 0.505 e. The van der Waals surface area contributed by atoms with Crippen molar-refractivity contribution in [1.82, 2.24) is 15.4 Å². The Balaban J connectivity index is 0.00000605. The van der Waals surface area contributed by atoms with Gasteiger partial charge in [0.15, 0.2) is 11.6 Å². The van der Waals surface area contributed by atoms with Gasteiger partial charge in [0.1, 0.15) is 31.2 Å². The second kappa shape index (κ2) is 20.0. The van der Waals surface area contributed by atoms with Gasteiger partial charge in [0.25, 0.3) is 40.5 Å². The molecule has 0 spiro atoms. The van der Waals surface area contributed by atoms with E-state index in [2.05, 4.69) is 15.3 Å². The molecule has 0 atom stereocenters. The van der Waals surface area contributed by atoms with E-state index >= 15 is 0 Å². The number of anilines is 3. The summed E-state index contributed by atoms with van der Waals surface area (Å²) in [5.41, 5.74) is -0.280. The van der Waals surface area contributed by atoms with Crippen LogP contribution in [0.1, 0.15) is 0 Å². The number of aromatic nitrogens is 2. The quantitative estimate of drug-likeness (QED) is 0.0247. The van der Waals surface area contributed by atoms with E-state index in [9.17, 15) is 75.4 Å². The molecule has 3 aromatic rings. The second-order valence-electron chi connectivity index (χ2n) is 9.98. The largest absolute Gasteiger partial charge is 1.00 e. The van der Waals surface area contributed by atoms with Crippen molar-refractivity contribution in [1.29, 1.82) is 0 Å². The van der Waals surface area contributed by atoms with Crippen molar-refractivity contribution in [3.05, 3.63) is 80.1 Å². The van der Waals surface area contributed by atoms with Crippen LogP contribution in [0.5, 0.6) is 5.75 Å². The first-order chi connectivity index (χ1) is 23.3. The normalized spacial score (nSPS) is 14.2. The first-order valence-corrected chi connectivity index (χ1v) is 18.8. The SMILES string of the molecule is O=C1C=C(S(=O)(=O)O)C2=CC(S(=O)(=O)O)=CC(=O)C2=C1NNc1cc(S(=O)(=O)O)c2cc(Nc3nc(F)nc(F)c3Cl)cc(S(=O)(=O)O)c2c1O.[Cu].[Na+].[Na+].[Na+].[Na+]. The number of hydrogen-bond donors (Lipinski definition) is 8. The standard InChI is InChI=1S/C24H14ClF2N5O15S4.Cu.4Na/c25-19-22(26)29-24(27)30-23(19)28-7-1-9-14(49(39,40)41)5-11(21(35)18(9)16(2-7)51(45,46)47)31-32-20-13(34)6-15(50(42,43)44)10-3-8(48(36,37)38)4-12(33)17(10)20;;;;;/h1-6,31-32,35H,(H,28,29,30)(H,36,37,38)(H,39,40,41)(H,42,43,44)(H,45,46,47);;;;;/q;;4*+1. The van der Waals surface area contributed by atoms with Crippen molar-refractivity contribution < 1.29 is 211 Å². The summed E-state index contributed by atoms with van der Waals surface area (Å²) in [6.45, 7) is 0. The van der Waals surface area contributed by atoms with Gasteiger partial charge in [0.2, 0.25) is 11.7 Å². The number of nitrogens with one attached hydrogen (secondary N) is 3. The number of fused-ring (bicyclic) bond motifs is 2. The minimum Gasteiger partial charge on any atom is -0.505 e. The topological polar surface area (TPSA) is 334 Å². The number of rotatable bonds is 9. The monoisotopic (exact) mass is 968 g/mol. The van der Waals surface area contributed by atoms with Crippen LogP contribution in [0.15, 0.2) is 72.9 Å². The van der Waals surface area contributed by atoms with Crippen molar-refractivity contribution in [3.63, 3.8) is 0 Å². The maximum absolute atomic E-state index is 13.9. The van der Waals surface area contributed by atoms with Gasteiger partial charge in [-0.3, -0.25) is 38.7 Å². The van der Waals surface area contributed by atoms with E-state index in [4.69, 9.17) is 11.6 Å². The number of ketones is 2. The van der Waals surface area contributed by atoms with Gasteiger partial charge in [-0.2, -0.15) is 52.4 Å². The molecule has 8 N–H and O–H groups in total. The molecule has 0 saturated heterocycles. The van der Waals surface area contributed by atoms with Gasteiger partial charge in [-0.05, 0) is 24.3 Å². The molecule has 2 aromatic carbocycles. The number of carbonyl (C=O) groups is 2. The molecule has 2 aliphatic carbocycles. The van der Waals surface area contributed by atoms with Gasteiger partial charge in [0.05, 0.1) is 16.2 Å². The summed E-state index contributed by atoms with van der Waals surface area (Å²) in [4.78, 5) is 26.8. The Morgan fingerprint density at radius 2 is 1.27 bits per heavy atom. The van der Waals surface area contributed by atoms with E-state index in [-0.39, 0.29) is 147 Å². The number of aromatic hydroxyl groups is 1. The van der Waals surface area contributed by atoms with E-state index in [0.29, 0.717) is 24.3 Å². The molecule has 1 aromatic heterocycles. The number of benzene rings is 2. The van der Waals surface area contributed by atoms with Crippen LogP contribution in [0.2, 0.25) is 5.02 Å². The molecule has 0 aliphatic heterocycles. The summed E-state index contributed by atoms with van der Waals surface area (Å²) in [6, 6.07) is 1.62. The number of phenols is 1. The maximum Gasteiger partial charge on any atom is 1.00 e. The number of halogens is 3. The summed E-state index contributed by atoms with van der Waals surface area (Å²) in [7, 11) is -21.5. The van der Waals surface area contributed by atoms with Gasteiger partial charge in [-0.1, -0.05) is 11.6 Å². The van der Waals surface area contributed by atoms with Crippen LogP contribution in [0.25, 0.3) is 10.8 Å². The summed E-state index contributed by atoms with van der Waals surface area (Å²) in [5.74, 6) is -6.52. The molecule has 5 rings (SSSR count). The predicted octanol–water partition coefficient (Wildman–Crippen LogP) is -10.7. The molecule has 1 heterocycles. The fourth-order valence-corrected chi connectivity index (χ4v) is 7.51. The molecular formula is C24H14ClCuF2N5Na4O15S4+4. The zero-order chi connectivity index (χ0) is 38.2. The van der Waals surface area contributed by atoms with Crippen LogP contribution in [-0.4, -0.2) is 78.5 Å². The van der Waals surface area contributed by atoms with Gasteiger partial charge in [0, 0.05) is 51.3 Å². The Morgan fingerprint density at radius 3 is 1.79 bits per heavy atom. The van der Waals surface area contributed by atoms with E-state index in [0.717, 1.165) is 0 Å². The van der Waals surface area contributed by atoms with E-state index in [1.807, 2.05) is 10.9 Å². The number of carbonyl (C=O) groups excluding carboxylic acids is 2. The minimum atomic E-state index is -5.50. The second-order valence-corrected chi connectivity index (χ2v) is 16.0. The summed E-state index contributed by atoms with van der Waals surface area (Å²) < 4.78 is 164. The average molecular weight is 970 g/mol. The van der Waals surface area contributed by atoms with E-state index in [1.54, 1.807) is 0 Å². The predicted molar refractivity (Wildman–Crippen MR) is 167 cm³/mol. The Bertz CT molecular complexity index is 2780. The van der Waals surface area contributed by atoms with Crippen LogP contribution >= 0.6 is 11.6 Å². The minimum absolute atomic E-state index is 0. The van der Waals surface area contributed by atoms with Crippen molar-refractivity contribution in [2.24, 2.45) is 0 Å². The van der Waals surface area contributed by atoms with Crippen molar-refractivity contribution in [2.45, 2.75) is 9.79 Å². The molecule has 0 saturated carbocycles. The van der Waals surface area contributed by atoms with Gasteiger partial charge < -0.3 is 10.4 Å². The Morgan fingerprint density at radius 1 is 0.696 bits per heavy atom. The molecule has 2 aliphatic rings. The number of allylic oxidation sites excluding steroid dienone is 5. The Labute approximate surface area is 418 Å². The Kier molecular flexibility index (Phi) is 19.8. The third kappa shape index (κ3) is 11.7. The van der Waals surface area contributed by atoms with E-state index in [1.165, 1.54) is 0 Å². The fourth-order valence-electron chi connectivity index (χ4n) is 4.71. The third-order valence-electron chi connectivity index (χ3n) is 6.73. The first kappa shape index (κ1) is 55.6. The number of hydrogen-bond acceptors (Lipinski definition) is 16. The molecule has 1 radical (unpaired) electrons. The van der Waals surface area contributed by atoms with Crippen molar-refractivity contribution >= 4 is 91.6 Å². The fraction of sp³-hybridized carbons (Fsp3) is 0. The summed E-state index contributed by atoms with van der Waals surface area (Å²) >= 11 is 5.70. The van der Waals surface area contributed by atoms with E-state index < -0.39 is 139 Å². The van der Waals surface area contributed by atoms with Gasteiger partial charge in [-0.25, -0.2) is 0 Å². The van der Waals surface area contributed by atoms with Crippen LogP contribution in [-0.2, 0) is 67.1 Å². The van der Waals surface area contributed by atoms with Crippen LogP contribution < -0.4 is 134 Å². The van der Waals surface area contributed by atoms with Crippen molar-refractivity contribution in [2.75, 3.05) is 10.7 Å². The molecule has 0 bridgehead atoms. The Hall–Kier alpha value is -0.411. The van der Waals surface area contributed by atoms with Crippen molar-refractivity contribution in [3.8, 4) is 5.75 Å².